The second-order valence-corrected chi connectivity index (χ2v) is 6.32. The molecule has 1 saturated heterocycles. The second-order valence-electron chi connectivity index (χ2n) is 6.32. The number of aliphatic hydroxyl groups is 1. The van der Waals surface area contributed by atoms with E-state index < -0.39 is 17.7 Å². The number of aliphatic hydroxyl groups excluding tert-OH is 1. The number of hydrogen-bond acceptors (Lipinski definition) is 6. The number of Topliss-reactive ketones (excluding diaryl/α,β-unsaturated/α-hetero) is 1. The monoisotopic (exact) mass is 385 g/mol. The molecular weight excluding hydrogens is 362 g/mol. The predicted octanol–water partition coefficient (Wildman–Crippen LogP) is 3.14. The van der Waals surface area contributed by atoms with E-state index in [2.05, 4.69) is 0 Å². The lowest BCUT2D eigenvalue weighted by atomic mass is 9.99. The number of hydrogen-bond donors (Lipinski definition) is 1. The van der Waals surface area contributed by atoms with Crippen molar-refractivity contribution in [1.82, 2.24) is 4.90 Å². The van der Waals surface area contributed by atoms with Crippen LogP contribution in [0.2, 0.25) is 0 Å². The Bertz CT molecular complexity index is 871. The smallest absolute Gasteiger partial charge is 0.295 e. The van der Waals surface area contributed by atoms with Crippen molar-refractivity contribution < 1.29 is 28.6 Å². The minimum Gasteiger partial charge on any atom is -0.507 e. The summed E-state index contributed by atoms with van der Waals surface area (Å²) in [5.74, 6) is -0.678. The van der Waals surface area contributed by atoms with Crippen molar-refractivity contribution in [2.24, 2.45) is 0 Å². The molecule has 1 amide bonds. The van der Waals surface area contributed by atoms with E-state index in [0.29, 0.717) is 43.3 Å². The number of amides is 1. The average molecular weight is 385 g/mol. The van der Waals surface area contributed by atoms with Crippen LogP contribution in [-0.2, 0) is 14.3 Å². The first-order valence-corrected chi connectivity index (χ1v) is 9.12. The second kappa shape index (κ2) is 8.75. The van der Waals surface area contributed by atoms with Gasteiger partial charge in [0.2, 0.25) is 0 Å². The van der Waals surface area contributed by atoms with Gasteiger partial charge < -0.3 is 23.9 Å². The number of rotatable bonds is 8. The highest BCUT2D eigenvalue weighted by Crippen LogP contribution is 2.39. The van der Waals surface area contributed by atoms with Crippen LogP contribution in [0.3, 0.4) is 0 Å². The van der Waals surface area contributed by atoms with Crippen molar-refractivity contribution >= 4 is 17.4 Å². The number of methoxy groups -OCH3 is 1. The third-order valence-corrected chi connectivity index (χ3v) is 4.52. The standard InChI is InChI=1S/C21H23NO6/c1-3-27-15-8-4-7-14(13-15)19(23)17-18(16-9-5-12-28-16)22(10-6-11-26-2)21(25)20(17)24/h4-5,7-9,12-13,18,23H,3,6,10-11H2,1-2H3. The van der Waals surface area contributed by atoms with Crippen LogP contribution in [0, 0.1) is 0 Å². The fourth-order valence-corrected chi connectivity index (χ4v) is 3.29. The van der Waals surface area contributed by atoms with Crippen LogP contribution >= 0.6 is 0 Å². The van der Waals surface area contributed by atoms with E-state index in [9.17, 15) is 14.7 Å². The minimum atomic E-state index is -0.789. The largest absolute Gasteiger partial charge is 0.507 e. The molecule has 1 aliphatic rings. The molecule has 1 unspecified atom stereocenters. The lowest BCUT2D eigenvalue weighted by Crippen LogP contribution is -2.31. The molecule has 0 radical (unpaired) electrons. The molecule has 1 N–H and O–H groups in total. The molecule has 7 nitrogen and oxygen atoms in total. The molecule has 0 aliphatic carbocycles. The van der Waals surface area contributed by atoms with Crippen molar-refractivity contribution in [1.29, 1.82) is 0 Å². The van der Waals surface area contributed by atoms with Gasteiger partial charge in [-0.05, 0) is 37.6 Å². The van der Waals surface area contributed by atoms with Gasteiger partial charge in [-0.15, -0.1) is 0 Å². The third kappa shape index (κ3) is 3.80. The lowest BCUT2D eigenvalue weighted by Gasteiger charge is -2.23. The van der Waals surface area contributed by atoms with E-state index in [0.717, 1.165) is 0 Å². The molecule has 0 spiro atoms. The molecule has 1 fully saturated rings. The fraction of sp³-hybridized carbons (Fsp3) is 0.333. The van der Waals surface area contributed by atoms with Gasteiger partial charge in [0.05, 0.1) is 18.4 Å². The Hall–Kier alpha value is -3.06. The molecular formula is C21H23NO6. The SMILES string of the molecule is CCOc1cccc(C(O)=C2C(=O)C(=O)N(CCCOC)C2c2ccco2)c1. The van der Waals surface area contributed by atoms with E-state index in [1.807, 2.05) is 6.92 Å². The van der Waals surface area contributed by atoms with Gasteiger partial charge in [-0.2, -0.15) is 0 Å². The summed E-state index contributed by atoms with van der Waals surface area (Å²) < 4.78 is 16.0. The maximum absolute atomic E-state index is 12.8. The molecule has 1 atom stereocenters. The molecule has 1 aromatic carbocycles. The van der Waals surface area contributed by atoms with E-state index in [-0.39, 0.29) is 11.3 Å². The van der Waals surface area contributed by atoms with Gasteiger partial charge in [0.15, 0.2) is 0 Å². The van der Waals surface area contributed by atoms with Crippen molar-refractivity contribution in [3.05, 3.63) is 59.6 Å². The molecule has 2 heterocycles. The Kier molecular flexibility index (Phi) is 6.16. The Labute approximate surface area is 163 Å². The van der Waals surface area contributed by atoms with Gasteiger partial charge in [-0.3, -0.25) is 9.59 Å². The van der Waals surface area contributed by atoms with Gasteiger partial charge in [-0.1, -0.05) is 12.1 Å². The zero-order valence-corrected chi connectivity index (χ0v) is 15.9. The first-order valence-electron chi connectivity index (χ1n) is 9.12. The van der Waals surface area contributed by atoms with E-state index in [4.69, 9.17) is 13.9 Å². The van der Waals surface area contributed by atoms with Crippen LogP contribution in [-0.4, -0.2) is 48.6 Å². The molecule has 0 saturated carbocycles. The number of furan rings is 1. The summed E-state index contributed by atoms with van der Waals surface area (Å²) in [5, 5.41) is 10.9. The molecule has 3 rings (SSSR count). The minimum absolute atomic E-state index is 0.00557. The van der Waals surface area contributed by atoms with Crippen molar-refractivity contribution in [3.8, 4) is 5.75 Å². The lowest BCUT2D eigenvalue weighted by molar-refractivity contribution is -0.140. The third-order valence-electron chi connectivity index (χ3n) is 4.52. The normalized spacial score (nSPS) is 18.6. The van der Waals surface area contributed by atoms with E-state index in [1.165, 1.54) is 11.2 Å². The highest BCUT2D eigenvalue weighted by Gasteiger charge is 2.47. The van der Waals surface area contributed by atoms with Crippen LogP contribution in [0.15, 0.2) is 52.7 Å². The van der Waals surface area contributed by atoms with Gasteiger partial charge in [0, 0.05) is 25.8 Å². The van der Waals surface area contributed by atoms with Gasteiger partial charge in [0.25, 0.3) is 11.7 Å². The van der Waals surface area contributed by atoms with Gasteiger partial charge >= 0.3 is 0 Å². The number of carbonyl (C=O) groups excluding carboxylic acids is 2. The molecule has 1 aliphatic heterocycles. The quantitative estimate of drug-likeness (QED) is 0.325. The topological polar surface area (TPSA) is 89.2 Å². The molecule has 28 heavy (non-hydrogen) atoms. The maximum Gasteiger partial charge on any atom is 0.295 e. The number of benzene rings is 1. The van der Waals surface area contributed by atoms with Crippen LogP contribution in [0.25, 0.3) is 5.76 Å². The highest BCUT2D eigenvalue weighted by molar-refractivity contribution is 6.46. The summed E-state index contributed by atoms with van der Waals surface area (Å²) in [6.07, 6.45) is 2.03. The first kappa shape index (κ1) is 19.7. The summed E-state index contributed by atoms with van der Waals surface area (Å²) in [6, 6.07) is 9.35. The van der Waals surface area contributed by atoms with E-state index in [1.54, 1.807) is 43.5 Å². The summed E-state index contributed by atoms with van der Waals surface area (Å²) in [5.41, 5.74) is 0.406. The van der Waals surface area contributed by atoms with Crippen molar-refractivity contribution in [2.45, 2.75) is 19.4 Å². The Morgan fingerprint density at radius 3 is 2.75 bits per heavy atom. The maximum atomic E-state index is 12.8. The molecule has 1 aromatic heterocycles. The molecule has 2 aromatic rings. The van der Waals surface area contributed by atoms with Crippen LogP contribution < -0.4 is 4.74 Å². The summed E-state index contributed by atoms with van der Waals surface area (Å²) >= 11 is 0. The number of ether oxygens (including phenoxy) is 2. The summed E-state index contributed by atoms with van der Waals surface area (Å²) in [6.45, 7) is 3.08. The summed E-state index contributed by atoms with van der Waals surface area (Å²) in [7, 11) is 1.57. The molecule has 0 bridgehead atoms. The number of nitrogens with zero attached hydrogens (tertiary/aromatic N) is 1. The van der Waals surface area contributed by atoms with Crippen molar-refractivity contribution in [2.75, 3.05) is 26.9 Å². The molecule has 148 valence electrons. The predicted molar refractivity (Wildman–Crippen MR) is 102 cm³/mol. The summed E-state index contributed by atoms with van der Waals surface area (Å²) in [4.78, 5) is 26.8. The van der Waals surface area contributed by atoms with Gasteiger partial charge in [-0.25, -0.2) is 0 Å². The van der Waals surface area contributed by atoms with Crippen LogP contribution in [0.4, 0.5) is 0 Å². The van der Waals surface area contributed by atoms with Crippen LogP contribution in [0.5, 0.6) is 5.75 Å². The number of carbonyl (C=O) groups is 2. The Morgan fingerprint density at radius 2 is 2.07 bits per heavy atom. The fourth-order valence-electron chi connectivity index (χ4n) is 3.29. The zero-order valence-electron chi connectivity index (χ0n) is 15.9. The highest BCUT2D eigenvalue weighted by atomic mass is 16.5. The average Bonchev–Trinajstić information content (AvgIpc) is 3.30. The number of ketones is 1. The zero-order chi connectivity index (χ0) is 20.1. The Morgan fingerprint density at radius 1 is 1.25 bits per heavy atom. The Balaban J connectivity index is 2.05. The van der Waals surface area contributed by atoms with Gasteiger partial charge in [0.1, 0.15) is 23.3 Å². The van der Waals surface area contributed by atoms with Crippen molar-refractivity contribution in [3.63, 3.8) is 0 Å². The molecule has 7 heteroatoms. The first-order chi connectivity index (χ1) is 13.6. The number of likely N-dealkylation sites (tertiary alicyclic amines) is 1. The van der Waals surface area contributed by atoms with Crippen LogP contribution in [0.1, 0.15) is 30.7 Å². The van der Waals surface area contributed by atoms with E-state index >= 15 is 0 Å².